The normalized spacial score (nSPS) is 10.9. The Bertz CT molecular complexity index is 837. The van der Waals surface area contributed by atoms with Crippen LogP contribution in [0.3, 0.4) is 0 Å². The van der Waals surface area contributed by atoms with Crippen LogP contribution in [0.2, 0.25) is 0 Å². The summed E-state index contributed by atoms with van der Waals surface area (Å²) < 4.78 is 0. The maximum Gasteiger partial charge on any atom is 0.328 e. The number of carbonyl (C=O) groups is 1. The van der Waals surface area contributed by atoms with Gasteiger partial charge >= 0.3 is 5.97 Å². The number of anilines is 2. The molecule has 5 nitrogen and oxygen atoms in total. The van der Waals surface area contributed by atoms with E-state index >= 15 is 0 Å². The number of hydrogen-bond acceptors (Lipinski definition) is 4. The van der Waals surface area contributed by atoms with Crippen LogP contribution in [0, 0.1) is 0 Å². The Morgan fingerprint density at radius 1 is 1.05 bits per heavy atom. The number of aromatic nitrogens is 2. The molecule has 5 heteroatoms. The topological polar surface area (TPSA) is 75.1 Å². The summed E-state index contributed by atoms with van der Waals surface area (Å²) in [6, 6.07) is 14.0. The highest BCUT2D eigenvalue weighted by Gasteiger charge is 2.02. The first-order valence-electron chi connectivity index (χ1n) is 6.70. The minimum atomic E-state index is -1.00. The predicted molar refractivity (Wildman–Crippen MR) is 85.9 cm³/mol. The predicted octanol–water partition coefficient (Wildman–Crippen LogP) is 3.47. The summed E-state index contributed by atoms with van der Waals surface area (Å²) in [5.41, 5.74) is 1.55. The van der Waals surface area contributed by atoms with Crippen molar-refractivity contribution in [3.05, 3.63) is 66.5 Å². The Balaban J connectivity index is 1.85. The number of nitrogens with one attached hydrogen (secondary N) is 1. The quantitative estimate of drug-likeness (QED) is 0.720. The van der Waals surface area contributed by atoms with Crippen molar-refractivity contribution in [3.8, 4) is 0 Å². The molecule has 0 aliphatic rings. The average molecular weight is 291 g/mol. The van der Waals surface area contributed by atoms with Gasteiger partial charge in [0.1, 0.15) is 0 Å². The van der Waals surface area contributed by atoms with Crippen LogP contribution in [0.4, 0.5) is 11.6 Å². The number of hydrogen-bond donors (Lipinski definition) is 2. The molecule has 0 unspecified atom stereocenters. The molecule has 3 aromatic rings. The highest BCUT2D eigenvalue weighted by atomic mass is 16.4. The van der Waals surface area contributed by atoms with Gasteiger partial charge in [0, 0.05) is 35.1 Å². The monoisotopic (exact) mass is 291 g/mol. The van der Waals surface area contributed by atoms with Gasteiger partial charge in [-0.2, -0.15) is 0 Å². The number of fused-ring (bicyclic) bond motifs is 1. The molecule has 0 saturated carbocycles. The van der Waals surface area contributed by atoms with E-state index in [4.69, 9.17) is 5.11 Å². The Morgan fingerprint density at radius 2 is 1.77 bits per heavy atom. The molecule has 0 radical (unpaired) electrons. The van der Waals surface area contributed by atoms with Crippen molar-refractivity contribution in [3.63, 3.8) is 0 Å². The maximum absolute atomic E-state index is 10.5. The summed E-state index contributed by atoms with van der Waals surface area (Å²) in [6.45, 7) is 0. The standard InChI is InChI=1S/C17H13N3O2/c21-16(22)9-8-12-10-18-17(19-11-12)20-15-7-3-5-13-4-1-2-6-14(13)15/h1-11H,(H,21,22)(H,18,19,20)/b9-8+. The van der Waals surface area contributed by atoms with Crippen LogP contribution >= 0.6 is 0 Å². The molecule has 3 rings (SSSR count). The molecule has 0 fully saturated rings. The van der Waals surface area contributed by atoms with Crippen LogP contribution in [0.25, 0.3) is 16.8 Å². The van der Waals surface area contributed by atoms with Crippen LogP contribution in [0.1, 0.15) is 5.56 Å². The van der Waals surface area contributed by atoms with Crippen molar-refractivity contribution >= 4 is 34.5 Å². The molecule has 0 atom stereocenters. The van der Waals surface area contributed by atoms with Crippen LogP contribution in [-0.4, -0.2) is 21.0 Å². The number of nitrogens with zero attached hydrogens (tertiary/aromatic N) is 2. The summed E-state index contributed by atoms with van der Waals surface area (Å²) >= 11 is 0. The zero-order valence-electron chi connectivity index (χ0n) is 11.6. The van der Waals surface area contributed by atoms with E-state index in [0.29, 0.717) is 11.5 Å². The Morgan fingerprint density at radius 3 is 2.55 bits per heavy atom. The van der Waals surface area contributed by atoms with E-state index in [1.807, 2.05) is 42.5 Å². The van der Waals surface area contributed by atoms with Gasteiger partial charge in [0.25, 0.3) is 0 Å². The molecule has 22 heavy (non-hydrogen) atoms. The van der Waals surface area contributed by atoms with Gasteiger partial charge in [-0.05, 0) is 17.5 Å². The Hall–Kier alpha value is -3.21. The highest BCUT2D eigenvalue weighted by molar-refractivity contribution is 5.94. The number of aliphatic carboxylic acids is 1. The van der Waals surface area contributed by atoms with E-state index in [2.05, 4.69) is 15.3 Å². The molecule has 0 spiro atoms. The van der Waals surface area contributed by atoms with Gasteiger partial charge in [-0.3, -0.25) is 0 Å². The minimum absolute atomic E-state index is 0.462. The van der Waals surface area contributed by atoms with Crippen LogP contribution < -0.4 is 5.32 Å². The minimum Gasteiger partial charge on any atom is -0.478 e. The van der Waals surface area contributed by atoms with E-state index in [9.17, 15) is 4.79 Å². The number of rotatable bonds is 4. The second-order valence-electron chi connectivity index (χ2n) is 4.66. The highest BCUT2D eigenvalue weighted by Crippen LogP contribution is 2.24. The lowest BCUT2D eigenvalue weighted by molar-refractivity contribution is -0.131. The van der Waals surface area contributed by atoms with E-state index in [1.165, 1.54) is 6.08 Å². The molecule has 0 amide bonds. The molecule has 1 heterocycles. The summed E-state index contributed by atoms with van der Waals surface area (Å²) in [5, 5.41) is 14.0. The van der Waals surface area contributed by atoms with Crippen molar-refractivity contribution < 1.29 is 9.90 Å². The van der Waals surface area contributed by atoms with Gasteiger partial charge in [-0.1, -0.05) is 36.4 Å². The molecule has 0 saturated heterocycles. The molecule has 1 aromatic heterocycles. The van der Waals surface area contributed by atoms with Gasteiger partial charge < -0.3 is 10.4 Å². The fourth-order valence-corrected chi connectivity index (χ4v) is 2.11. The van der Waals surface area contributed by atoms with Gasteiger partial charge in [0.2, 0.25) is 5.95 Å². The summed E-state index contributed by atoms with van der Waals surface area (Å²) in [4.78, 5) is 18.8. The molecule has 0 aliphatic heterocycles. The Labute approximate surface area is 127 Å². The molecule has 0 bridgehead atoms. The smallest absolute Gasteiger partial charge is 0.328 e. The van der Waals surface area contributed by atoms with Crippen molar-refractivity contribution in [1.82, 2.24) is 9.97 Å². The zero-order chi connectivity index (χ0) is 15.4. The molecule has 108 valence electrons. The van der Waals surface area contributed by atoms with E-state index < -0.39 is 5.97 Å². The maximum atomic E-state index is 10.5. The lowest BCUT2D eigenvalue weighted by atomic mass is 10.1. The number of carboxylic acids is 1. The SMILES string of the molecule is O=C(O)/C=C/c1cnc(Nc2cccc3ccccc23)nc1. The first-order chi connectivity index (χ1) is 10.7. The lowest BCUT2D eigenvalue weighted by Gasteiger charge is -2.08. The average Bonchev–Trinajstić information content (AvgIpc) is 2.54. The van der Waals surface area contributed by atoms with Crippen molar-refractivity contribution in [2.45, 2.75) is 0 Å². The summed E-state index contributed by atoms with van der Waals surface area (Å²) in [5.74, 6) is -0.540. The third-order valence-corrected chi connectivity index (χ3v) is 3.13. The molecule has 2 N–H and O–H groups in total. The van der Waals surface area contributed by atoms with E-state index in [0.717, 1.165) is 22.5 Å². The van der Waals surface area contributed by atoms with Gasteiger partial charge in [0.15, 0.2) is 0 Å². The fourth-order valence-electron chi connectivity index (χ4n) is 2.11. The van der Waals surface area contributed by atoms with Crippen molar-refractivity contribution in [2.75, 3.05) is 5.32 Å². The number of benzene rings is 2. The molecular formula is C17H13N3O2. The second-order valence-corrected chi connectivity index (χ2v) is 4.66. The molecule has 0 aliphatic carbocycles. The fraction of sp³-hybridized carbons (Fsp3) is 0. The van der Waals surface area contributed by atoms with Crippen LogP contribution in [0.15, 0.2) is 60.9 Å². The van der Waals surface area contributed by atoms with E-state index in [-0.39, 0.29) is 0 Å². The van der Waals surface area contributed by atoms with Crippen molar-refractivity contribution in [1.29, 1.82) is 0 Å². The second kappa shape index (κ2) is 6.05. The van der Waals surface area contributed by atoms with Crippen LogP contribution in [-0.2, 0) is 4.79 Å². The Kier molecular flexibility index (Phi) is 3.78. The van der Waals surface area contributed by atoms with Crippen LogP contribution in [0.5, 0.6) is 0 Å². The van der Waals surface area contributed by atoms with E-state index in [1.54, 1.807) is 12.4 Å². The lowest BCUT2D eigenvalue weighted by Crippen LogP contribution is -1.97. The van der Waals surface area contributed by atoms with Gasteiger partial charge in [-0.25, -0.2) is 14.8 Å². The summed E-state index contributed by atoms with van der Waals surface area (Å²) in [6.07, 6.45) is 5.64. The third kappa shape index (κ3) is 3.09. The largest absolute Gasteiger partial charge is 0.478 e. The number of carboxylic acid groups (broad SMARTS) is 1. The molecular weight excluding hydrogens is 278 g/mol. The third-order valence-electron chi connectivity index (χ3n) is 3.13. The van der Waals surface area contributed by atoms with Gasteiger partial charge in [-0.15, -0.1) is 0 Å². The van der Waals surface area contributed by atoms with Gasteiger partial charge in [0.05, 0.1) is 0 Å². The first-order valence-corrected chi connectivity index (χ1v) is 6.70. The summed E-state index contributed by atoms with van der Waals surface area (Å²) in [7, 11) is 0. The zero-order valence-corrected chi connectivity index (χ0v) is 11.6. The molecule has 2 aromatic carbocycles. The van der Waals surface area contributed by atoms with Crippen molar-refractivity contribution in [2.24, 2.45) is 0 Å². The first kappa shape index (κ1) is 13.8.